The summed E-state index contributed by atoms with van der Waals surface area (Å²) in [7, 11) is 0. The second-order valence-electron chi connectivity index (χ2n) is 4.72. The Balaban J connectivity index is 1.91. The van der Waals surface area contributed by atoms with Gasteiger partial charge in [0, 0.05) is 23.4 Å². The van der Waals surface area contributed by atoms with E-state index in [0.29, 0.717) is 13.0 Å². The minimum Gasteiger partial charge on any atom is -0.399 e. The number of nitrogens with two attached hydrogens (primary N) is 1. The monoisotopic (exact) mass is 276 g/mol. The Morgan fingerprint density at radius 3 is 3.05 bits per heavy atom. The van der Waals surface area contributed by atoms with Gasteiger partial charge in [0.15, 0.2) is 0 Å². The Labute approximate surface area is 117 Å². The van der Waals surface area contributed by atoms with Crippen molar-refractivity contribution in [3.05, 3.63) is 29.1 Å². The third-order valence-corrected chi connectivity index (χ3v) is 4.16. The molecule has 0 radical (unpaired) electrons. The quantitative estimate of drug-likeness (QED) is 0.795. The lowest BCUT2D eigenvalue weighted by atomic mass is 10.1. The fourth-order valence-electron chi connectivity index (χ4n) is 2.06. The SMILES string of the molecule is CCCCC(=O)NCCc1csc2ccc(N)cc12. The summed E-state index contributed by atoms with van der Waals surface area (Å²) in [6.45, 7) is 2.79. The molecule has 0 aliphatic rings. The first kappa shape index (κ1) is 13.9. The Hall–Kier alpha value is -1.55. The second kappa shape index (κ2) is 6.57. The highest BCUT2D eigenvalue weighted by atomic mass is 32.1. The lowest BCUT2D eigenvalue weighted by molar-refractivity contribution is -0.121. The van der Waals surface area contributed by atoms with Gasteiger partial charge in [0.1, 0.15) is 0 Å². The molecule has 1 aromatic heterocycles. The molecule has 1 heterocycles. The Bertz CT molecular complexity index is 562. The van der Waals surface area contributed by atoms with Crippen molar-refractivity contribution in [1.82, 2.24) is 5.32 Å². The van der Waals surface area contributed by atoms with Gasteiger partial charge in [-0.1, -0.05) is 13.3 Å². The average molecular weight is 276 g/mol. The van der Waals surface area contributed by atoms with Crippen LogP contribution in [-0.2, 0) is 11.2 Å². The molecule has 0 atom stereocenters. The molecule has 0 saturated carbocycles. The number of carbonyl (C=O) groups excluding carboxylic acids is 1. The van der Waals surface area contributed by atoms with E-state index in [9.17, 15) is 4.79 Å². The van der Waals surface area contributed by atoms with E-state index < -0.39 is 0 Å². The summed E-state index contributed by atoms with van der Waals surface area (Å²) in [5, 5.41) is 6.34. The zero-order valence-corrected chi connectivity index (χ0v) is 12.1. The van der Waals surface area contributed by atoms with Crippen LogP contribution in [0.4, 0.5) is 5.69 Å². The second-order valence-corrected chi connectivity index (χ2v) is 5.63. The summed E-state index contributed by atoms with van der Waals surface area (Å²) in [6.07, 6.45) is 3.51. The maximum atomic E-state index is 11.5. The van der Waals surface area contributed by atoms with Gasteiger partial charge in [0.2, 0.25) is 5.91 Å². The Morgan fingerprint density at radius 2 is 2.26 bits per heavy atom. The first-order valence-electron chi connectivity index (χ1n) is 6.73. The van der Waals surface area contributed by atoms with Crippen LogP contribution in [0.3, 0.4) is 0 Å². The molecular weight excluding hydrogens is 256 g/mol. The molecule has 0 bridgehead atoms. The van der Waals surface area contributed by atoms with E-state index in [-0.39, 0.29) is 5.91 Å². The summed E-state index contributed by atoms with van der Waals surface area (Å²) >= 11 is 1.73. The Morgan fingerprint density at radius 1 is 1.42 bits per heavy atom. The van der Waals surface area contributed by atoms with Gasteiger partial charge in [-0.3, -0.25) is 4.79 Å². The number of nitrogens with one attached hydrogen (secondary N) is 1. The molecule has 1 amide bonds. The molecule has 3 nitrogen and oxygen atoms in total. The van der Waals surface area contributed by atoms with Crippen LogP contribution in [0.2, 0.25) is 0 Å². The number of hydrogen-bond acceptors (Lipinski definition) is 3. The number of thiophene rings is 1. The first-order valence-corrected chi connectivity index (χ1v) is 7.61. The topological polar surface area (TPSA) is 55.1 Å². The van der Waals surface area contributed by atoms with Crippen molar-refractivity contribution >= 4 is 33.0 Å². The van der Waals surface area contributed by atoms with Crippen LogP contribution in [0.1, 0.15) is 31.7 Å². The van der Waals surface area contributed by atoms with E-state index in [1.165, 1.54) is 15.6 Å². The van der Waals surface area contributed by atoms with Crippen molar-refractivity contribution in [1.29, 1.82) is 0 Å². The number of carbonyl (C=O) groups is 1. The van der Waals surface area contributed by atoms with Crippen LogP contribution in [0, 0.1) is 0 Å². The highest BCUT2D eigenvalue weighted by Crippen LogP contribution is 2.27. The normalized spacial score (nSPS) is 10.8. The molecule has 102 valence electrons. The molecule has 0 aliphatic carbocycles. The fourth-order valence-corrected chi connectivity index (χ4v) is 3.03. The molecule has 0 aliphatic heterocycles. The van der Waals surface area contributed by atoms with Crippen molar-refractivity contribution in [2.75, 3.05) is 12.3 Å². The van der Waals surface area contributed by atoms with E-state index in [2.05, 4.69) is 23.7 Å². The first-order chi connectivity index (χ1) is 9.20. The molecule has 2 rings (SSSR count). The van der Waals surface area contributed by atoms with Crippen molar-refractivity contribution < 1.29 is 4.79 Å². The minimum atomic E-state index is 0.154. The predicted octanol–water partition coefficient (Wildman–Crippen LogP) is 3.33. The van der Waals surface area contributed by atoms with E-state index in [1.807, 2.05) is 12.1 Å². The maximum absolute atomic E-state index is 11.5. The third-order valence-electron chi connectivity index (χ3n) is 3.15. The lowest BCUT2D eigenvalue weighted by Gasteiger charge is -2.04. The smallest absolute Gasteiger partial charge is 0.220 e. The molecule has 2 aromatic rings. The third kappa shape index (κ3) is 3.70. The predicted molar refractivity (Wildman–Crippen MR) is 82.5 cm³/mol. The number of unbranched alkanes of at least 4 members (excludes halogenated alkanes) is 1. The van der Waals surface area contributed by atoms with Crippen LogP contribution in [0.5, 0.6) is 0 Å². The van der Waals surface area contributed by atoms with E-state index >= 15 is 0 Å². The molecular formula is C15H20N2OS. The molecule has 3 N–H and O–H groups in total. The van der Waals surface area contributed by atoms with Gasteiger partial charge in [-0.25, -0.2) is 0 Å². The molecule has 0 unspecified atom stereocenters. The summed E-state index contributed by atoms with van der Waals surface area (Å²) < 4.78 is 1.25. The van der Waals surface area contributed by atoms with Crippen LogP contribution in [-0.4, -0.2) is 12.5 Å². The lowest BCUT2D eigenvalue weighted by Crippen LogP contribution is -2.25. The average Bonchev–Trinajstić information content (AvgIpc) is 2.79. The molecule has 19 heavy (non-hydrogen) atoms. The number of benzene rings is 1. The van der Waals surface area contributed by atoms with E-state index in [1.54, 1.807) is 11.3 Å². The summed E-state index contributed by atoms with van der Waals surface area (Å²) in [6, 6.07) is 5.99. The van der Waals surface area contributed by atoms with Crippen LogP contribution >= 0.6 is 11.3 Å². The van der Waals surface area contributed by atoms with Gasteiger partial charge in [0.05, 0.1) is 0 Å². The summed E-state index contributed by atoms with van der Waals surface area (Å²) in [5.74, 6) is 0.154. The van der Waals surface area contributed by atoms with Crippen LogP contribution < -0.4 is 11.1 Å². The van der Waals surface area contributed by atoms with Crippen LogP contribution in [0.25, 0.3) is 10.1 Å². The van der Waals surface area contributed by atoms with Crippen LogP contribution in [0.15, 0.2) is 23.6 Å². The molecule has 0 fully saturated rings. The zero-order valence-electron chi connectivity index (χ0n) is 11.2. The van der Waals surface area contributed by atoms with Gasteiger partial charge in [-0.15, -0.1) is 11.3 Å². The number of fused-ring (bicyclic) bond motifs is 1. The van der Waals surface area contributed by atoms with E-state index in [0.717, 1.165) is 24.9 Å². The largest absolute Gasteiger partial charge is 0.399 e. The van der Waals surface area contributed by atoms with Gasteiger partial charge < -0.3 is 11.1 Å². The van der Waals surface area contributed by atoms with Crippen molar-refractivity contribution in [2.45, 2.75) is 32.6 Å². The standard InChI is InChI=1S/C15H20N2OS/c1-2-3-4-15(18)17-8-7-11-10-19-14-6-5-12(16)9-13(11)14/h5-6,9-10H,2-4,7-8,16H2,1H3,(H,17,18). The van der Waals surface area contributed by atoms with E-state index in [4.69, 9.17) is 5.73 Å². The van der Waals surface area contributed by atoms with Crippen molar-refractivity contribution in [3.63, 3.8) is 0 Å². The summed E-state index contributed by atoms with van der Waals surface area (Å²) in [5.41, 5.74) is 7.88. The Kier molecular flexibility index (Phi) is 4.80. The fraction of sp³-hybridized carbons (Fsp3) is 0.400. The maximum Gasteiger partial charge on any atom is 0.220 e. The summed E-state index contributed by atoms with van der Waals surface area (Å²) in [4.78, 5) is 11.5. The number of nitrogen functional groups attached to an aromatic ring is 1. The van der Waals surface area contributed by atoms with Gasteiger partial charge in [-0.2, -0.15) is 0 Å². The van der Waals surface area contributed by atoms with Gasteiger partial charge >= 0.3 is 0 Å². The zero-order chi connectivity index (χ0) is 13.7. The molecule has 0 saturated heterocycles. The van der Waals surface area contributed by atoms with Crippen molar-refractivity contribution in [2.24, 2.45) is 0 Å². The highest BCUT2D eigenvalue weighted by molar-refractivity contribution is 7.17. The van der Waals surface area contributed by atoms with Crippen molar-refractivity contribution in [3.8, 4) is 0 Å². The number of amides is 1. The number of rotatable bonds is 6. The minimum absolute atomic E-state index is 0.154. The number of anilines is 1. The molecule has 0 spiro atoms. The van der Waals surface area contributed by atoms with Gasteiger partial charge in [-0.05, 0) is 47.4 Å². The molecule has 1 aromatic carbocycles. The molecule has 4 heteroatoms. The highest BCUT2D eigenvalue weighted by Gasteiger charge is 2.05. The van der Waals surface area contributed by atoms with Gasteiger partial charge in [0.25, 0.3) is 0 Å². The number of hydrogen-bond donors (Lipinski definition) is 2.